The fourth-order valence-electron chi connectivity index (χ4n) is 1.99. The molecule has 2 saturated heterocycles. The summed E-state index contributed by atoms with van der Waals surface area (Å²) >= 11 is 0. The van der Waals surface area contributed by atoms with E-state index in [1.807, 2.05) is 0 Å². The van der Waals surface area contributed by atoms with Crippen molar-refractivity contribution in [1.82, 2.24) is 5.32 Å². The molecular formula is C8H13NO4S. The van der Waals surface area contributed by atoms with Crippen LogP contribution in [0.15, 0.2) is 0 Å². The van der Waals surface area contributed by atoms with E-state index in [9.17, 15) is 13.2 Å². The van der Waals surface area contributed by atoms with Gasteiger partial charge in [0.1, 0.15) is 6.10 Å². The Morgan fingerprint density at radius 1 is 1.50 bits per heavy atom. The first-order valence-electron chi connectivity index (χ1n) is 4.70. The van der Waals surface area contributed by atoms with Gasteiger partial charge in [0, 0.05) is 0 Å². The van der Waals surface area contributed by atoms with E-state index in [2.05, 4.69) is 5.32 Å². The minimum absolute atomic E-state index is 0.138. The SMILES string of the molecule is O=C1NCC(CC2CCS(=O)(=O)C2)O1. The number of carbonyl (C=O) groups excluding carboxylic acids is 1. The molecule has 0 aromatic heterocycles. The number of sulfone groups is 1. The Balaban J connectivity index is 1.85. The third-order valence-corrected chi connectivity index (χ3v) is 4.51. The Labute approximate surface area is 82.7 Å². The van der Waals surface area contributed by atoms with Crippen molar-refractivity contribution in [2.75, 3.05) is 18.1 Å². The number of hydrogen-bond acceptors (Lipinski definition) is 4. The molecule has 2 fully saturated rings. The van der Waals surface area contributed by atoms with Crippen LogP contribution in [-0.2, 0) is 14.6 Å². The van der Waals surface area contributed by atoms with Gasteiger partial charge in [-0.25, -0.2) is 13.2 Å². The summed E-state index contributed by atoms with van der Waals surface area (Å²) in [7, 11) is -2.81. The number of ether oxygens (including phenoxy) is 1. The number of amides is 1. The molecule has 2 aliphatic rings. The molecular weight excluding hydrogens is 206 g/mol. The van der Waals surface area contributed by atoms with E-state index in [4.69, 9.17) is 4.74 Å². The van der Waals surface area contributed by atoms with Crippen molar-refractivity contribution < 1.29 is 17.9 Å². The molecule has 5 nitrogen and oxygen atoms in total. The lowest BCUT2D eigenvalue weighted by Crippen LogP contribution is -2.19. The van der Waals surface area contributed by atoms with Crippen LogP contribution in [0, 0.1) is 5.92 Å². The van der Waals surface area contributed by atoms with Crippen LogP contribution in [-0.4, -0.2) is 38.7 Å². The smallest absolute Gasteiger partial charge is 0.407 e. The van der Waals surface area contributed by atoms with E-state index in [1.54, 1.807) is 0 Å². The highest BCUT2D eigenvalue weighted by Crippen LogP contribution is 2.24. The standard InChI is InChI=1S/C8H13NO4S/c10-8-9-4-7(13-8)3-6-1-2-14(11,12)5-6/h6-7H,1-5H2,(H,9,10). The van der Waals surface area contributed by atoms with Crippen LogP contribution in [0.1, 0.15) is 12.8 Å². The average molecular weight is 219 g/mol. The van der Waals surface area contributed by atoms with Gasteiger partial charge in [0.2, 0.25) is 0 Å². The lowest BCUT2D eigenvalue weighted by Gasteiger charge is -2.11. The van der Waals surface area contributed by atoms with Gasteiger partial charge in [0.25, 0.3) is 0 Å². The summed E-state index contributed by atoms with van der Waals surface area (Å²) in [4.78, 5) is 10.7. The second kappa shape index (κ2) is 3.42. The van der Waals surface area contributed by atoms with E-state index in [0.29, 0.717) is 19.4 Å². The molecule has 2 aliphatic heterocycles. The van der Waals surface area contributed by atoms with E-state index < -0.39 is 15.9 Å². The Morgan fingerprint density at radius 2 is 2.29 bits per heavy atom. The van der Waals surface area contributed by atoms with Gasteiger partial charge >= 0.3 is 6.09 Å². The minimum atomic E-state index is -2.81. The molecule has 2 unspecified atom stereocenters. The fraction of sp³-hybridized carbons (Fsp3) is 0.875. The maximum Gasteiger partial charge on any atom is 0.407 e. The molecule has 1 N–H and O–H groups in total. The van der Waals surface area contributed by atoms with Gasteiger partial charge < -0.3 is 10.1 Å². The minimum Gasteiger partial charge on any atom is -0.444 e. The molecule has 14 heavy (non-hydrogen) atoms. The van der Waals surface area contributed by atoms with Gasteiger partial charge in [-0.2, -0.15) is 0 Å². The van der Waals surface area contributed by atoms with E-state index in [1.165, 1.54) is 0 Å². The molecule has 2 rings (SSSR count). The van der Waals surface area contributed by atoms with Crippen molar-refractivity contribution in [3.05, 3.63) is 0 Å². The molecule has 0 aliphatic carbocycles. The third-order valence-electron chi connectivity index (χ3n) is 2.67. The van der Waals surface area contributed by atoms with Crippen LogP contribution >= 0.6 is 0 Å². The van der Waals surface area contributed by atoms with Crippen molar-refractivity contribution in [1.29, 1.82) is 0 Å². The molecule has 1 amide bonds. The zero-order valence-electron chi connectivity index (χ0n) is 7.73. The molecule has 6 heteroatoms. The molecule has 80 valence electrons. The van der Waals surface area contributed by atoms with Gasteiger partial charge in [0.05, 0.1) is 18.1 Å². The number of rotatable bonds is 2. The van der Waals surface area contributed by atoms with Crippen molar-refractivity contribution in [2.24, 2.45) is 5.92 Å². The highest BCUT2D eigenvalue weighted by molar-refractivity contribution is 7.91. The quantitative estimate of drug-likeness (QED) is 0.705. The second-order valence-corrected chi connectivity index (χ2v) is 6.14. The largest absolute Gasteiger partial charge is 0.444 e. The van der Waals surface area contributed by atoms with Crippen LogP contribution in [0.3, 0.4) is 0 Å². The number of carbonyl (C=O) groups is 1. The molecule has 0 aromatic carbocycles. The van der Waals surface area contributed by atoms with Crippen molar-refractivity contribution in [2.45, 2.75) is 18.9 Å². The summed E-state index contributed by atoms with van der Waals surface area (Å²) in [5, 5.41) is 2.55. The molecule has 0 saturated carbocycles. The van der Waals surface area contributed by atoms with E-state index >= 15 is 0 Å². The lowest BCUT2D eigenvalue weighted by atomic mass is 10.0. The van der Waals surface area contributed by atoms with Gasteiger partial charge in [-0.15, -0.1) is 0 Å². The van der Waals surface area contributed by atoms with Crippen molar-refractivity contribution in [3.63, 3.8) is 0 Å². The van der Waals surface area contributed by atoms with E-state index in [-0.39, 0.29) is 23.5 Å². The van der Waals surface area contributed by atoms with Gasteiger partial charge in [0.15, 0.2) is 9.84 Å². The highest BCUT2D eigenvalue weighted by Gasteiger charge is 2.32. The van der Waals surface area contributed by atoms with Gasteiger partial charge in [-0.05, 0) is 18.8 Å². The maximum absolute atomic E-state index is 11.2. The van der Waals surface area contributed by atoms with Gasteiger partial charge in [-0.1, -0.05) is 0 Å². The topological polar surface area (TPSA) is 72.5 Å². The normalized spacial score (nSPS) is 35.3. The average Bonchev–Trinajstić information content (AvgIpc) is 2.59. The highest BCUT2D eigenvalue weighted by atomic mass is 32.2. The second-order valence-electron chi connectivity index (χ2n) is 3.91. The molecule has 0 aromatic rings. The summed E-state index contributed by atoms with van der Waals surface area (Å²) in [5.41, 5.74) is 0. The van der Waals surface area contributed by atoms with E-state index in [0.717, 1.165) is 0 Å². The third kappa shape index (κ3) is 2.17. The van der Waals surface area contributed by atoms with Crippen LogP contribution in [0.4, 0.5) is 4.79 Å². The van der Waals surface area contributed by atoms with Gasteiger partial charge in [-0.3, -0.25) is 0 Å². The van der Waals surface area contributed by atoms with Crippen LogP contribution < -0.4 is 5.32 Å². The number of nitrogens with one attached hydrogen (secondary N) is 1. The predicted molar refractivity (Wildman–Crippen MR) is 49.6 cm³/mol. The first-order valence-corrected chi connectivity index (χ1v) is 6.52. The lowest BCUT2D eigenvalue weighted by molar-refractivity contribution is 0.127. The first-order chi connectivity index (χ1) is 6.55. The molecule has 2 atom stereocenters. The Kier molecular flexibility index (Phi) is 2.38. The summed E-state index contributed by atoms with van der Waals surface area (Å²) in [5.74, 6) is 0.699. The zero-order chi connectivity index (χ0) is 10.2. The molecule has 0 bridgehead atoms. The zero-order valence-corrected chi connectivity index (χ0v) is 8.55. The Bertz CT molecular complexity index is 337. The summed E-state index contributed by atoms with van der Waals surface area (Å²) < 4.78 is 27.3. The van der Waals surface area contributed by atoms with Crippen LogP contribution in [0.25, 0.3) is 0 Å². The number of cyclic esters (lactones) is 1. The van der Waals surface area contributed by atoms with Crippen molar-refractivity contribution >= 4 is 15.9 Å². The van der Waals surface area contributed by atoms with Crippen molar-refractivity contribution in [3.8, 4) is 0 Å². The number of hydrogen-bond donors (Lipinski definition) is 1. The van der Waals surface area contributed by atoms with Crippen LogP contribution in [0.2, 0.25) is 0 Å². The summed E-state index contributed by atoms with van der Waals surface area (Å²) in [6, 6.07) is 0. The molecule has 2 heterocycles. The molecule has 0 spiro atoms. The Morgan fingerprint density at radius 3 is 2.79 bits per heavy atom. The molecule has 0 radical (unpaired) electrons. The maximum atomic E-state index is 11.2. The van der Waals surface area contributed by atoms with Crippen LogP contribution in [0.5, 0.6) is 0 Å². The summed E-state index contributed by atoms with van der Waals surface area (Å²) in [6.07, 6.45) is 0.839. The number of alkyl carbamates (subject to hydrolysis) is 1. The first kappa shape index (κ1) is 9.76. The fourth-order valence-corrected chi connectivity index (χ4v) is 3.87. The monoisotopic (exact) mass is 219 g/mol. The summed E-state index contributed by atoms with van der Waals surface area (Å²) in [6.45, 7) is 0.509. The predicted octanol–water partition coefficient (Wildman–Crippen LogP) is -0.0804. The Hall–Kier alpha value is -0.780.